The first kappa shape index (κ1) is 16.3. The molecule has 3 atom stereocenters. The number of amides is 1. The fraction of sp³-hybridized carbons (Fsp3) is 0.474. The molecular weight excluding hydrogens is 320 g/mol. The second kappa shape index (κ2) is 6.98. The molecule has 0 N–H and O–H groups in total. The number of hydrogen-bond donors (Lipinski definition) is 0. The number of carbonyl (C=O) groups is 1. The Bertz CT molecular complexity index is 730. The molecule has 4 rings (SSSR count). The molecule has 3 heterocycles. The van der Waals surface area contributed by atoms with Crippen molar-refractivity contribution in [3.05, 3.63) is 53.7 Å². The van der Waals surface area contributed by atoms with E-state index in [1.165, 1.54) is 0 Å². The van der Waals surface area contributed by atoms with Crippen LogP contribution in [0.5, 0.6) is 0 Å². The molecule has 2 aromatic heterocycles. The molecule has 25 heavy (non-hydrogen) atoms. The Morgan fingerprint density at radius 1 is 1.36 bits per heavy atom. The van der Waals surface area contributed by atoms with Gasteiger partial charge in [0.05, 0.1) is 25.4 Å². The summed E-state index contributed by atoms with van der Waals surface area (Å²) in [6.45, 7) is 3.40. The number of fused-ring (bicyclic) bond motifs is 2. The predicted molar refractivity (Wildman–Crippen MR) is 90.1 cm³/mol. The summed E-state index contributed by atoms with van der Waals surface area (Å²) in [7, 11) is 0. The molecule has 1 aliphatic heterocycles. The van der Waals surface area contributed by atoms with Crippen LogP contribution >= 0.6 is 0 Å². The molecular formula is C19H22N2O4. The lowest BCUT2D eigenvalue weighted by Crippen LogP contribution is -2.46. The van der Waals surface area contributed by atoms with E-state index in [9.17, 15) is 4.79 Å². The van der Waals surface area contributed by atoms with Crippen LogP contribution in [0.25, 0.3) is 0 Å². The zero-order valence-electron chi connectivity index (χ0n) is 14.3. The average molecular weight is 342 g/mol. The largest absolute Gasteiger partial charge is 0.456 e. The first-order valence-electron chi connectivity index (χ1n) is 8.72. The predicted octanol–water partition coefficient (Wildman–Crippen LogP) is 2.57. The van der Waals surface area contributed by atoms with Crippen molar-refractivity contribution >= 4 is 5.91 Å². The summed E-state index contributed by atoms with van der Waals surface area (Å²) >= 11 is 0. The van der Waals surface area contributed by atoms with E-state index in [1.54, 1.807) is 18.5 Å². The van der Waals surface area contributed by atoms with Crippen LogP contribution in [0.4, 0.5) is 0 Å². The highest BCUT2D eigenvalue weighted by Gasteiger charge is 2.45. The van der Waals surface area contributed by atoms with Crippen molar-refractivity contribution in [3.63, 3.8) is 0 Å². The van der Waals surface area contributed by atoms with Crippen LogP contribution in [0.2, 0.25) is 0 Å². The van der Waals surface area contributed by atoms with Crippen molar-refractivity contribution in [1.29, 1.82) is 0 Å². The van der Waals surface area contributed by atoms with Crippen LogP contribution in [0.15, 0.2) is 41.1 Å². The van der Waals surface area contributed by atoms with E-state index < -0.39 is 0 Å². The third kappa shape index (κ3) is 3.32. The van der Waals surface area contributed by atoms with Gasteiger partial charge in [-0.1, -0.05) is 6.07 Å². The van der Waals surface area contributed by atoms with E-state index in [1.807, 2.05) is 30.0 Å². The minimum absolute atomic E-state index is 0.0158. The lowest BCUT2D eigenvalue weighted by molar-refractivity contribution is -0.0599. The molecule has 132 valence electrons. The fourth-order valence-corrected chi connectivity index (χ4v) is 3.73. The number of furan rings is 1. The summed E-state index contributed by atoms with van der Waals surface area (Å²) in [5.74, 6) is 1.04. The first-order valence-corrected chi connectivity index (χ1v) is 8.72. The van der Waals surface area contributed by atoms with Crippen molar-refractivity contribution in [1.82, 2.24) is 9.88 Å². The van der Waals surface area contributed by atoms with Gasteiger partial charge < -0.3 is 18.8 Å². The van der Waals surface area contributed by atoms with Crippen molar-refractivity contribution in [2.75, 3.05) is 13.2 Å². The second-order valence-electron chi connectivity index (χ2n) is 6.60. The van der Waals surface area contributed by atoms with Crippen LogP contribution < -0.4 is 0 Å². The Morgan fingerprint density at radius 2 is 2.28 bits per heavy atom. The van der Waals surface area contributed by atoms with Crippen molar-refractivity contribution in [2.24, 2.45) is 0 Å². The fourth-order valence-electron chi connectivity index (χ4n) is 3.73. The highest BCUT2D eigenvalue weighted by Crippen LogP contribution is 2.33. The Kier molecular flexibility index (Phi) is 4.55. The molecule has 6 nitrogen and oxygen atoms in total. The summed E-state index contributed by atoms with van der Waals surface area (Å²) in [5.41, 5.74) is 1.02. The minimum atomic E-state index is -0.122. The number of pyridine rings is 1. The van der Waals surface area contributed by atoms with Crippen molar-refractivity contribution < 1.29 is 18.7 Å². The Labute approximate surface area is 146 Å². The Morgan fingerprint density at radius 3 is 3.04 bits per heavy atom. The SMILES string of the molecule is Cc1ccc(C(=O)N2CCOC3CCC2C3OCc2cccnc2)o1. The molecule has 0 aromatic carbocycles. The summed E-state index contributed by atoms with van der Waals surface area (Å²) in [5, 5.41) is 0. The molecule has 1 saturated carbocycles. The van der Waals surface area contributed by atoms with Crippen molar-refractivity contribution in [2.45, 2.75) is 44.6 Å². The monoisotopic (exact) mass is 342 g/mol. The van der Waals surface area contributed by atoms with E-state index >= 15 is 0 Å². The van der Waals surface area contributed by atoms with Gasteiger partial charge >= 0.3 is 0 Å². The summed E-state index contributed by atoms with van der Waals surface area (Å²) in [6, 6.07) is 7.45. The molecule has 0 radical (unpaired) electrons. The lowest BCUT2D eigenvalue weighted by Gasteiger charge is -2.30. The average Bonchev–Trinajstić information content (AvgIpc) is 3.17. The first-order chi connectivity index (χ1) is 12.2. The number of hydrogen-bond acceptors (Lipinski definition) is 5. The van der Waals surface area contributed by atoms with E-state index in [4.69, 9.17) is 13.9 Å². The molecule has 2 aliphatic rings. The van der Waals surface area contributed by atoms with Gasteiger partial charge in [-0.25, -0.2) is 0 Å². The van der Waals surface area contributed by atoms with Gasteiger partial charge in [0.25, 0.3) is 5.91 Å². The van der Waals surface area contributed by atoms with E-state index in [2.05, 4.69) is 4.98 Å². The molecule has 6 heteroatoms. The minimum Gasteiger partial charge on any atom is -0.456 e. The second-order valence-corrected chi connectivity index (χ2v) is 6.60. The summed E-state index contributed by atoms with van der Waals surface area (Å²) in [4.78, 5) is 18.9. The molecule has 1 saturated heterocycles. The maximum atomic E-state index is 12.9. The van der Waals surface area contributed by atoms with Crippen LogP contribution in [0, 0.1) is 6.92 Å². The Hall–Kier alpha value is -2.18. The van der Waals surface area contributed by atoms with Gasteiger partial charge in [-0.05, 0) is 43.5 Å². The van der Waals surface area contributed by atoms with E-state index in [-0.39, 0.29) is 24.2 Å². The molecule has 1 aliphatic carbocycles. The van der Waals surface area contributed by atoms with E-state index in [0.717, 1.165) is 24.2 Å². The number of aryl methyl sites for hydroxylation is 1. The van der Waals surface area contributed by atoms with E-state index in [0.29, 0.717) is 25.5 Å². The third-order valence-corrected chi connectivity index (χ3v) is 4.93. The molecule has 2 aromatic rings. The number of ether oxygens (including phenoxy) is 2. The van der Waals surface area contributed by atoms with Gasteiger partial charge in [-0.2, -0.15) is 0 Å². The summed E-state index contributed by atoms with van der Waals surface area (Å²) < 4.78 is 17.6. The van der Waals surface area contributed by atoms with Gasteiger partial charge in [-0.15, -0.1) is 0 Å². The molecule has 0 spiro atoms. The van der Waals surface area contributed by atoms with Gasteiger partial charge in [0.15, 0.2) is 5.76 Å². The highest BCUT2D eigenvalue weighted by atomic mass is 16.5. The molecule has 2 bridgehead atoms. The topological polar surface area (TPSA) is 64.8 Å². The van der Waals surface area contributed by atoms with Crippen LogP contribution in [0.3, 0.4) is 0 Å². The van der Waals surface area contributed by atoms with Gasteiger partial charge in [0.1, 0.15) is 11.9 Å². The third-order valence-electron chi connectivity index (χ3n) is 4.93. The highest BCUT2D eigenvalue weighted by molar-refractivity contribution is 5.91. The zero-order valence-corrected chi connectivity index (χ0v) is 14.3. The normalized spacial score (nSPS) is 25.8. The van der Waals surface area contributed by atoms with Gasteiger partial charge in [-0.3, -0.25) is 9.78 Å². The molecule has 3 unspecified atom stereocenters. The van der Waals surface area contributed by atoms with Crippen LogP contribution in [0.1, 0.15) is 34.7 Å². The lowest BCUT2D eigenvalue weighted by atomic mass is 10.1. The number of rotatable bonds is 4. The summed E-state index contributed by atoms with van der Waals surface area (Å²) in [6.07, 6.45) is 5.25. The van der Waals surface area contributed by atoms with Gasteiger partial charge in [0.2, 0.25) is 0 Å². The van der Waals surface area contributed by atoms with Crippen molar-refractivity contribution in [3.8, 4) is 0 Å². The number of nitrogens with zero attached hydrogens (tertiary/aromatic N) is 2. The quantitative estimate of drug-likeness (QED) is 0.854. The maximum absolute atomic E-state index is 12.9. The van der Waals surface area contributed by atoms with Crippen LogP contribution in [-0.4, -0.2) is 47.2 Å². The number of carbonyl (C=O) groups excluding carboxylic acids is 1. The maximum Gasteiger partial charge on any atom is 0.289 e. The standard InChI is InChI=1S/C19H22N2O4/c1-13-4-6-17(25-13)19(22)21-9-10-23-16-7-5-15(21)18(16)24-12-14-3-2-8-20-11-14/h2-4,6,8,11,15-16,18H,5,7,9-10,12H2,1H3. The van der Waals surface area contributed by atoms with Gasteiger partial charge in [0, 0.05) is 18.9 Å². The Balaban J connectivity index is 1.50. The zero-order chi connectivity index (χ0) is 17.2. The van der Waals surface area contributed by atoms with Crippen LogP contribution in [-0.2, 0) is 16.1 Å². The number of aromatic nitrogens is 1. The molecule has 1 amide bonds. The smallest absolute Gasteiger partial charge is 0.289 e. The molecule has 2 fully saturated rings.